The summed E-state index contributed by atoms with van der Waals surface area (Å²) in [5.74, 6) is -0.314. The Morgan fingerprint density at radius 2 is 1.95 bits per heavy atom. The lowest BCUT2D eigenvalue weighted by atomic mass is 9.68. The van der Waals surface area contributed by atoms with Crippen LogP contribution in [0.1, 0.15) is 24.8 Å². The molecule has 1 aliphatic carbocycles. The normalized spacial score (nSPS) is 28.8. The minimum Gasteiger partial charge on any atom is -0.492 e. The van der Waals surface area contributed by atoms with Gasteiger partial charge in [0, 0.05) is 18.1 Å². The van der Waals surface area contributed by atoms with E-state index < -0.39 is 16.1 Å². The summed E-state index contributed by atoms with van der Waals surface area (Å²) in [4.78, 5) is 23.2. The highest BCUT2D eigenvalue weighted by Crippen LogP contribution is 2.50. The molecule has 2 heterocycles. The lowest BCUT2D eigenvalue weighted by Crippen LogP contribution is -2.50. The number of hydrogen-bond acceptors (Lipinski definition) is 6. The highest BCUT2D eigenvalue weighted by atomic mass is 16.7. The molecule has 3 aliphatic rings. The van der Waals surface area contributed by atoms with E-state index in [0.717, 1.165) is 5.56 Å². The third-order valence-electron chi connectivity index (χ3n) is 4.88. The van der Waals surface area contributed by atoms with Gasteiger partial charge in [0.25, 0.3) is 5.69 Å². The van der Waals surface area contributed by atoms with Crippen LogP contribution in [0.3, 0.4) is 0 Å². The summed E-state index contributed by atoms with van der Waals surface area (Å²) in [5, 5.41) is 10.9. The number of hydrogen-bond donors (Lipinski definition) is 0. The molecule has 1 saturated carbocycles. The summed E-state index contributed by atoms with van der Waals surface area (Å²) >= 11 is 0. The van der Waals surface area contributed by atoms with Crippen molar-refractivity contribution in [2.75, 3.05) is 19.8 Å². The van der Waals surface area contributed by atoms with Crippen molar-refractivity contribution in [2.24, 2.45) is 0 Å². The average molecular weight is 305 g/mol. The third-order valence-corrected chi connectivity index (χ3v) is 4.88. The van der Waals surface area contributed by atoms with Crippen molar-refractivity contribution in [2.45, 2.75) is 30.5 Å². The second-order valence-corrected chi connectivity index (χ2v) is 6.02. The van der Waals surface area contributed by atoms with E-state index in [4.69, 9.17) is 14.2 Å². The lowest BCUT2D eigenvalue weighted by Gasteiger charge is -2.39. The lowest BCUT2D eigenvalue weighted by molar-refractivity contribution is -0.384. The quantitative estimate of drug-likeness (QED) is 0.580. The topological polar surface area (TPSA) is 87.9 Å². The molecule has 0 aromatic heterocycles. The Kier molecular flexibility index (Phi) is 2.79. The van der Waals surface area contributed by atoms with E-state index >= 15 is 0 Å². The number of fused-ring (bicyclic) bond motifs is 2. The van der Waals surface area contributed by atoms with Crippen molar-refractivity contribution in [3.63, 3.8) is 0 Å². The number of carbonyl (C=O) groups excluding carboxylic acids is 1. The van der Waals surface area contributed by atoms with Crippen molar-refractivity contribution in [1.82, 2.24) is 0 Å². The molecule has 0 bridgehead atoms. The molecule has 1 aromatic rings. The van der Waals surface area contributed by atoms with Gasteiger partial charge in [-0.3, -0.25) is 14.9 Å². The molecule has 1 saturated heterocycles. The summed E-state index contributed by atoms with van der Waals surface area (Å²) in [7, 11) is 0. The van der Waals surface area contributed by atoms with Crippen LogP contribution in [0.5, 0.6) is 5.75 Å². The van der Waals surface area contributed by atoms with Gasteiger partial charge in [-0.2, -0.15) is 0 Å². The van der Waals surface area contributed by atoms with Gasteiger partial charge in [0.1, 0.15) is 12.4 Å². The summed E-state index contributed by atoms with van der Waals surface area (Å²) < 4.78 is 16.8. The van der Waals surface area contributed by atoms with Crippen molar-refractivity contribution >= 4 is 11.5 Å². The molecule has 2 aliphatic heterocycles. The first kappa shape index (κ1) is 13.7. The molecular weight excluding hydrogens is 290 g/mol. The molecule has 7 heteroatoms. The number of Topliss-reactive ketones (excluding diaryl/α,β-unsaturated/α-hetero) is 1. The van der Waals surface area contributed by atoms with E-state index in [2.05, 4.69) is 0 Å². The van der Waals surface area contributed by atoms with Crippen LogP contribution in [0.2, 0.25) is 0 Å². The smallest absolute Gasteiger partial charge is 0.273 e. The number of rotatable bonds is 1. The van der Waals surface area contributed by atoms with E-state index in [1.54, 1.807) is 6.07 Å². The van der Waals surface area contributed by atoms with Gasteiger partial charge in [0.05, 0.1) is 36.0 Å². The van der Waals surface area contributed by atoms with Crippen LogP contribution in [0, 0.1) is 10.1 Å². The van der Waals surface area contributed by atoms with Crippen molar-refractivity contribution in [3.8, 4) is 5.75 Å². The molecular formula is C15H15NO6. The van der Waals surface area contributed by atoms with Gasteiger partial charge in [0.15, 0.2) is 11.6 Å². The van der Waals surface area contributed by atoms with Crippen molar-refractivity contribution in [1.29, 1.82) is 0 Å². The van der Waals surface area contributed by atoms with Crippen LogP contribution in [-0.2, 0) is 19.7 Å². The van der Waals surface area contributed by atoms with Crippen LogP contribution < -0.4 is 4.74 Å². The maximum absolute atomic E-state index is 12.8. The maximum atomic E-state index is 12.8. The van der Waals surface area contributed by atoms with Crippen molar-refractivity contribution in [3.05, 3.63) is 33.9 Å². The molecule has 0 N–H and O–H groups in total. The predicted molar refractivity (Wildman–Crippen MR) is 73.8 cm³/mol. The molecule has 1 unspecified atom stereocenters. The minimum absolute atomic E-state index is 0.0215. The van der Waals surface area contributed by atoms with Crippen LogP contribution in [-0.4, -0.2) is 36.3 Å². The van der Waals surface area contributed by atoms with Gasteiger partial charge in [-0.05, 0) is 12.5 Å². The van der Waals surface area contributed by atoms with Gasteiger partial charge in [-0.15, -0.1) is 0 Å². The van der Waals surface area contributed by atoms with E-state index in [1.807, 2.05) is 0 Å². The Balaban J connectivity index is 1.68. The molecule has 1 atom stereocenters. The average Bonchev–Trinajstić information content (AvgIpc) is 3.09. The van der Waals surface area contributed by atoms with Crippen LogP contribution in [0.15, 0.2) is 18.2 Å². The first-order chi connectivity index (χ1) is 10.5. The first-order valence-corrected chi connectivity index (χ1v) is 7.28. The zero-order chi connectivity index (χ0) is 15.4. The number of ether oxygens (including phenoxy) is 3. The standard InChI is InChI=1S/C15H15NO6/c17-13-8-15(21-5-6-22-15)4-3-14(13)9-20-12-7-10(16(18)19)1-2-11(12)14/h1-2,7H,3-6,8-9H2. The van der Waals surface area contributed by atoms with E-state index in [-0.39, 0.29) is 24.5 Å². The van der Waals surface area contributed by atoms with Crippen molar-refractivity contribution < 1.29 is 23.9 Å². The van der Waals surface area contributed by atoms with E-state index in [1.165, 1.54) is 12.1 Å². The molecule has 0 radical (unpaired) electrons. The number of carbonyl (C=O) groups is 1. The van der Waals surface area contributed by atoms with Crippen LogP contribution in [0.25, 0.3) is 0 Å². The van der Waals surface area contributed by atoms with Gasteiger partial charge < -0.3 is 14.2 Å². The largest absolute Gasteiger partial charge is 0.492 e. The highest BCUT2D eigenvalue weighted by Gasteiger charge is 2.56. The Hall–Kier alpha value is -1.99. The number of ketones is 1. The zero-order valence-corrected chi connectivity index (χ0v) is 11.9. The van der Waals surface area contributed by atoms with E-state index in [0.29, 0.717) is 31.8 Å². The number of nitro groups is 1. The Morgan fingerprint density at radius 3 is 2.64 bits per heavy atom. The number of benzene rings is 1. The number of nitrogens with zero attached hydrogens (tertiary/aromatic N) is 1. The third kappa shape index (κ3) is 1.79. The maximum Gasteiger partial charge on any atom is 0.273 e. The fourth-order valence-electron chi connectivity index (χ4n) is 3.64. The highest BCUT2D eigenvalue weighted by molar-refractivity contribution is 5.93. The summed E-state index contributed by atoms with van der Waals surface area (Å²) in [6.07, 6.45) is 1.39. The monoisotopic (exact) mass is 305 g/mol. The van der Waals surface area contributed by atoms with Gasteiger partial charge in [-0.1, -0.05) is 0 Å². The summed E-state index contributed by atoms with van der Waals surface area (Å²) in [5.41, 5.74) is -0.000633. The Bertz CT molecular complexity index is 666. The molecule has 116 valence electrons. The molecule has 2 spiro atoms. The molecule has 7 nitrogen and oxygen atoms in total. The SMILES string of the molecule is O=C1CC2(CCC13COc1cc([N+](=O)[O-])ccc13)OCCO2. The Morgan fingerprint density at radius 1 is 1.18 bits per heavy atom. The number of non-ortho nitro benzene ring substituents is 1. The van der Waals surface area contributed by atoms with E-state index in [9.17, 15) is 14.9 Å². The second kappa shape index (κ2) is 4.50. The predicted octanol–water partition coefficient (Wildman–Crippen LogP) is 1.72. The summed E-state index contributed by atoms with van der Waals surface area (Å²) in [6, 6.07) is 4.46. The second-order valence-electron chi connectivity index (χ2n) is 6.02. The first-order valence-electron chi connectivity index (χ1n) is 7.28. The van der Waals surface area contributed by atoms with Crippen LogP contribution in [0.4, 0.5) is 5.69 Å². The zero-order valence-electron chi connectivity index (χ0n) is 11.9. The Labute approximate surface area is 126 Å². The van der Waals surface area contributed by atoms with Gasteiger partial charge >= 0.3 is 0 Å². The molecule has 4 rings (SSSR count). The van der Waals surface area contributed by atoms with Gasteiger partial charge in [-0.25, -0.2) is 0 Å². The molecule has 0 amide bonds. The van der Waals surface area contributed by atoms with Gasteiger partial charge in [0.2, 0.25) is 0 Å². The minimum atomic E-state index is -0.772. The van der Waals surface area contributed by atoms with Crippen LogP contribution >= 0.6 is 0 Å². The molecule has 1 aromatic carbocycles. The molecule has 2 fully saturated rings. The molecule has 22 heavy (non-hydrogen) atoms. The number of nitro benzene ring substituents is 1. The fourth-order valence-corrected chi connectivity index (χ4v) is 3.64. The summed E-state index contributed by atoms with van der Waals surface area (Å²) in [6.45, 7) is 1.26. The fraction of sp³-hybridized carbons (Fsp3) is 0.533.